The minimum absolute atomic E-state index is 0.260. The molecule has 36 heavy (non-hydrogen) atoms. The molecule has 196 valence electrons. The van der Waals surface area contributed by atoms with Crippen LogP contribution in [0.5, 0.6) is 0 Å². The maximum atomic E-state index is 12.3. The molecular formula is C32H44O4. The summed E-state index contributed by atoms with van der Waals surface area (Å²) < 4.78 is 17.8. The number of hydrogen-bond acceptors (Lipinski definition) is 4. The van der Waals surface area contributed by atoms with E-state index in [2.05, 4.69) is 32.0 Å². The van der Waals surface area contributed by atoms with Gasteiger partial charge in [0.25, 0.3) is 0 Å². The summed E-state index contributed by atoms with van der Waals surface area (Å²) in [5.74, 6) is 0.666. The van der Waals surface area contributed by atoms with E-state index in [9.17, 15) is 4.79 Å². The van der Waals surface area contributed by atoms with Gasteiger partial charge in [0.1, 0.15) is 0 Å². The first-order valence-corrected chi connectivity index (χ1v) is 14.3. The van der Waals surface area contributed by atoms with Crippen LogP contribution < -0.4 is 0 Å². The van der Waals surface area contributed by atoms with E-state index in [1.54, 1.807) is 5.56 Å². The molecule has 1 saturated carbocycles. The van der Waals surface area contributed by atoms with Crippen LogP contribution in [0, 0.1) is 0 Å². The highest BCUT2D eigenvalue weighted by Crippen LogP contribution is 2.39. The SMILES string of the molecule is CCCCCOC(=O)c1ccc([C@H]2OC[C@H](c3ccc(CCCC)cc3C3CCCCC3)CO2)cc1. The summed E-state index contributed by atoms with van der Waals surface area (Å²) in [7, 11) is 0. The van der Waals surface area contributed by atoms with Crippen molar-refractivity contribution in [3.8, 4) is 0 Å². The van der Waals surface area contributed by atoms with Crippen LogP contribution in [0.3, 0.4) is 0 Å². The standard InChI is InChI=1S/C32H44O4/c1-3-5-10-20-34-31(33)26-15-17-27(18-16-26)32-35-22-28(23-36-32)29-19-14-24(11-6-4-2)21-30(29)25-12-8-7-9-13-25/h14-19,21,25,28,32H,3-13,20,22-23H2,1-2H3/t28-,32-. The van der Waals surface area contributed by atoms with E-state index in [4.69, 9.17) is 14.2 Å². The number of hydrogen-bond donors (Lipinski definition) is 0. The highest BCUT2D eigenvalue weighted by atomic mass is 16.7. The van der Waals surface area contributed by atoms with Crippen molar-refractivity contribution in [3.63, 3.8) is 0 Å². The minimum Gasteiger partial charge on any atom is -0.462 e. The van der Waals surface area contributed by atoms with Crippen molar-refractivity contribution in [1.82, 2.24) is 0 Å². The summed E-state index contributed by atoms with van der Waals surface area (Å²) in [6.45, 7) is 6.18. The van der Waals surface area contributed by atoms with E-state index in [1.807, 2.05) is 24.3 Å². The van der Waals surface area contributed by atoms with Crippen molar-refractivity contribution in [3.05, 3.63) is 70.3 Å². The Bertz CT molecular complexity index is 937. The largest absolute Gasteiger partial charge is 0.462 e. The maximum Gasteiger partial charge on any atom is 0.338 e. The molecule has 0 unspecified atom stereocenters. The number of benzene rings is 2. The Kier molecular flexibility index (Phi) is 10.4. The van der Waals surface area contributed by atoms with Crippen LogP contribution in [-0.4, -0.2) is 25.8 Å². The van der Waals surface area contributed by atoms with Gasteiger partial charge in [-0.3, -0.25) is 0 Å². The van der Waals surface area contributed by atoms with E-state index in [-0.39, 0.29) is 11.9 Å². The topological polar surface area (TPSA) is 44.8 Å². The fourth-order valence-electron chi connectivity index (χ4n) is 5.55. The van der Waals surface area contributed by atoms with Gasteiger partial charge in [0.05, 0.1) is 25.4 Å². The van der Waals surface area contributed by atoms with Crippen molar-refractivity contribution in [2.75, 3.05) is 19.8 Å². The molecule has 1 aliphatic heterocycles. The van der Waals surface area contributed by atoms with Crippen molar-refractivity contribution in [2.45, 2.75) is 103 Å². The average Bonchev–Trinajstić information content (AvgIpc) is 2.94. The number of unbranched alkanes of at least 4 members (excludes halogenated alkanes) is 3. The van der Waals surface area contributed by atoms with Gasteiger partial charge in [-0.1, -0.05) is 82.7 Å². The Labute approximate surface area is 217 Å². The molecule has 4 heteroatoms. The smallest absolute Gasteiger partial charge is 0.338 e. The Morgan fingerprint density at radius 1 is 0.833 bits per heavy atom. The van der Waals surface area contributed by atoms with E-state index >= 15 is 0 Å². The molecule has 1 heterocycles. The van der Waals surface area contributed by atoms with Crippen LogP contribution in [-0.2, 0) is 20.6 Å². The van der Waals surface area contributed by atoms with Crippen molar-refractivity contribution in [1.29, 1.82) is 0 Å². The highest BCUT2D eigenvalue weighted by molar-refractivity contribution is 5.89. The molecule has 4 rings (SSSR count). The van der Waals surface area contributed by atoms with E-state index in [1.165, 1.54) is 62.5 Å². The molecule has 1 aliphatic carbocycles. The zero-order valence-corrected chi connectivity index (χ0v) is 22.3. The molecule has 2 fully saturated rings. The second-order valence-electron chi connectivity index (χ2n) is 10.6. The van der Waals surface area contributed by atoms with Gasteiger partial charge in [0, 0.05) is 11.5 Å². The quantitative estimate of drug-likeness (QED) is 0.234. The lowest BCUT2D eigenvalue weighted by Crippen LogP contribution is -2.27. The Balaban J connectivity index is 1.37. The van der Waals surface area contributed by atoms with Crippen LogP contribution in [0.4, 0.5) is 0 Å². The van der Waals surface area contributed by atoms with Gasteiger partial charge in [0.15, 0.2) is 6.29 Å². The summed E-state index contributed by atoms with van der Waals surface area (Å²) in [6, 6.07) is 14.6. The van der Waals surface area contributed by atoms with Gasteiger partial charge in [-0.2, -0.15) is 0 Å². The zero-order chi connectivity index (χ0) is 25.2. The fraction of sp³-hybridized carbons (Fsp3) is 0.594. The normalized spacial score (nSPS) is 20.8. The molecule has 0 radical (unpaired) electrons. The number of carbonyl (C=O) groups excluding carboxylic acids is 1. The molecule has 0 atom stereocenters. The van der Waals surface area contributed by atoms with Crippen LogP contribution in [0.25, 0.3) is 0 Å². The Morgan fingerprint density at radius 3 is 2.25 bits per heavy atom. The predicted molar refractivity (Wildman–Crippen MR) is 145 cm³/mol. The summed E-state index contributed by atoms with van der Waals surface area (Å²) in [5.41, 5.74) is 5.95. The van der Waals surface area contributed by atoms with Crippen molar-refractivity contribution < 1.29 is 19.0 Å². The summed E-state index contributed by atoms with van der Waals surface area (Å²) in [4.78, 5) is 12.3. The molecule has 0 N–H and O–H groups in total. The third kappa shape index (κ3) is 7.20. The lowest BCUT2D eigenvalue weighted by atomic mass is 9.78. The molecule has 1 saturated heterocycles. The molecular weight excluding hydrogens is 448 g/mol. The molecule has 0 amide bonds. The minimum atomic E-state index is -0.391. The summed E-state index contributed by atoms with van der Waals surface area (Å²) in [6.07, 6.45) is 13.0. The van der Waals surface area contributed by atoms with E-state index < -0.39 is 6.29 Å². The predicted octanol–water partition coefficient (Wildman–Crippen LogP) is 8.25. The van der Waals surface area contributed by atoms with Gasteiger partial charge in [0.2, 0.25) is 0 Å². The van der Waals surface area contributed by atoms with E-state index in [0.717, 1.165) is 24.8 Å². The summed E-state index contributed by atoms with van der Waals surface area (Å²) >= 11 is 0. The molecule has 0 spiro atoms. The fourth-order valence-corrected chi connectivity index (χ4v) is 5.55. The number of esters is 1. The molecule has 2 aromatic rings. The van der Waals surface area contributed by atoms with Crippen LogP contribution in [0.2, 0.25) is 0 Å². The number of rotatable bonds is 11. The van der Waals surface area contributed by atoms with Crippen LogP contribution in [0.1, 0.15) is 129 Å². The molecule has 2 aromatic carbocycles. The number of aryl methyl sites for hydroxylation is 1. The van der Waals surface area contributed by atoms with E-state index in [0.29, 0.717) is 31.3 Å². The molecule has 4 nitrogen and oxygen atoms in total. The first kappa shape index (κ1) is 26.9. The first-order valence-electron chi connectivity index (χ1n) is 14.3. The van der Waals surface area contributed by atoms with Crippen molar-refractivity contribution in [2.24, 2.45) is 0 Å². The van der Waals surface area contributed by atoms with Gasteiger partial charge < -0.3 is 14.2 Å². The Hall–Kier alpha value is -2.17. The molecule has 0 aromatic heterocycles. The third-order valence-corrected chi connectivity index (χ3v) is 7.75. The van der Waals surface area contributed by atoms with Gasteiger partial charge in [-0.15, -0.1) is 0 Å². The maximum absolute atomic E-state index is 12.3. The number of ether oxygens (including phenoxy) is 3. The first-order chi connectivity index (χ1) is 17.7. The number of carbonyl (C=O) groups is 1. The highest BCUT2D eigenvalue weighted by Gasteiger charge is 2.29. The third-order valence-electron chi connectivity index (χ3n) is 7.75. The lowest BCUT2D eigenvalue weighted by Gasteiger charge is -2.33. The zero-order valence-electron chi connectivity index (χ0n) is 22.3. The second kappa shape index (κ2) is 13.9. The van der Waals surface area contributed by atoms with Gasteiger partial charge >= 0.3 is 5.97 Å². The van der Waals surface area contributed by atoms with Crippen LogP contribution in [0.15, 0.2) is 42.5 Å². The van der Waals surface area contributed by atoms with Gasteiger partial charge in [-0.05, 0) is 66.8 Å². The molecule has 2 aliphatic rings. The summed E-state index contributed by atoms with van der Waals surface area (Å²) in [5, 5.41) is 0. The second-order valence-corrected chi connectivity index (χ2v) is 10.6. The Morgan fingerprint density at radius 2 is 1.56 bits per heavy atom. The van der Waals surface area contributed by atoms with Crippen molar-refractivity contribution >= 4 is 5.97 Å². The lowest BCUT2D eigenvalue weighted by molar-refractivity contribution is -0.191. The monoisotopic (exact) mass is 492 g/mol. The molecule has 0 bridgehead atoms. The van der Waals surface area contributed by atoms with Crippen LogP contribution >= 0.6 is 0 Å². The van der Waals surface area contributed by atoms with Gasteiger partial charge in [-0.25, -0.2) is 4.79 Å². The average molecular weight is 493 g/mol.